The van der Waals surface area contributed by atoms with Gasteiger partial charge >= 0.3 is 0 Å². The van der Waals surface area contributed by atoms with Gasteiger partial charge in [0.05, 0.1) is 29.9 Å². The lowest BCUT2D eigenvalue weighted by Gasteiger charge is -2.17. The Bertz CT molecular complexity index is 829. The van der Waals surface area contributed by atoms with E-state index in [0.29, 0.717) is 5.56 Å². The van der Waals surface area contributed by atoms with Crippen molar-refractivity contribution in [3.63, 3.8) is 0 Å². The van der Waals surface area contributed by atoms with Gasteiger partial charge in [-0.15, -0.1) is 0 Å². The quantitative estimate of drug-likeness (QED) is 0.620. The van der Waals surface area contributed by atoms with Crippen LogP contribution in [0.25, 0.3) is 10.9 Å². The van der Waals surface area contributed by atoms with Crippen LogP contribution in [0.3, 0.4) is 0 Å². The molecule has 1 aromatic heterocycles. The minimum Gasteiger partial charge on any atom is -0.389 e. The van der Waals surface area contributed by atoms with Gasteiger partial charge in [-0.2, -0.15) is 0 Å². The van der Waals surface area contributed by atoms with Crippen LogP contribution in [0.4, 0.5) is 0 Å². The van der Waals surface area contributed by atoms with Crippen molar-refractivity contribution >= 4 is 16.8 Å². The van der Waals surface area contributed by atoms with Crippen LogP contribution in [0.5, 0.6) is 0 Å². The van der Waals surface area contributed by atoms with Crippen molar-refractivity contribution in [1.29, 1.82) is 0 Å². The molecule has 0 saturated carbocycles. The molecule has 0 saturated heterocycles. The number of ether oxygens (including phenoxy) is 1. The van der Waals surface area contributed by atoms with Gasteiger partial charge in [0.15, 0.2) is 0 Å². The number of benzene rings is 2. The average molecular weight is 338 g/mol. The van der Waals surface area contributed by atoms with E-state index in [-0.39, 0.29) is 25.2 Å². The maximum absolute atomic E-state index is 12.3. The number of para-hydroxylation sites is 1. The molecular formula is C20H22N2O3. The van der Waals surface area contributed by atoms with Crippen LogP contribution in [-0.2, 0) is 4.74 Å². The highest BCUT2D eigenvalue weighted by Gasteiger charge is 2.14. The normalized spacial score (nSPS) is 13.5. The minimum absolute atomic E-state index is 0.112. The summed E-state index contributed by atoms with van der Waals surface area (Å²) in [6, 6.07) is 17.3. The predicted octanol–water partition coefficient (Wildman–Crippen LogP) is 3.04. The first kappa shape index (κ1) is 17.2. The Morgan fingerprint density at radius 2 is 1.96 bits per heavy atom. The van der Waals surface area contributed by atoms with Crippen molar-refractivity contribution in [2.45, 2.75) is 19.1 Å². The fraction of sp³-hybridized carbons (Fsp3) is 0.250. The van der Waals surface area contributed by atoms with E-state index < -0.39 is 6.10 Å². The van der Waals surface area contributed by atoms with E-state index in [9.17, 15) is 9.90 Å². The summed E-state index contributed by atoms with van der Waals surface area (Å²) < 4.78 is 5.68. The molecule has 1 heterocycles. The molecular weight excluding hydrogens is 316 g/mol. The number of amides is 1. The molecule has 130 valence electrons. The number of fused-ring (bicyclic) bond motifs is 1. The number of carbonyl (C=O) groups excluding carboxylic acids is 1. The summed E-state index contributed by atoms with van der Waals surface area (Å²) in [7, 11) is 0. The average Bonchev–Trinajstić information content (AvgIpc) is 3.13. The van der Waals surface area contributed by atoms with E-state index in [1.807, 2.05) is 55.5 Å². The third-order valence-electron chi connectivity index (χ3n) is 4.14. The van der Waals surface area contributed by atoms with Gasteiger partial charge < -0.3 is 20.1 Å². The maximum Gasteiger partial charge on any atom is 0.253 e. The third-order valence-corrected chi connectivity index (χ3v) is 4.14. The van der Waals surface area contributed by atoms with E-state index in [0.717, 1.165) is 16.5 Å². The molecule has 2 aromatic carbocycles. The summed E-state index contributed by atoms with van der Waals surface area (Å²) in [5.41, 5.74) is 2.41. The van der Waals surface area contributed by atoms with Crippen LogP contribution in [-0.4, -0.2) is 35.3 Å². The predicted molar refractivity (Wildman–Crippen MR) is 97.4 cm³/mol. The minimum atomic E-state index is -0.766. The lowest BCUT2D eigenvalue weighted by molar-refractivity contribution is -0.00170. The van der Waals surface area contributed by atoms with Gasteiger partial charge in [0, 0.05) is 18.1 Å². The molecule has 0 bridgehead atoms. The van der Waals surface area contributed by atoms with Crippen LogP contribution in [0.2, 0.25) is 0 Å². The zero-order valence-corrected chi connectivity index (χ0v) is 14.1. The molecule has 0 unspecified atom stereocenters. The van der Waals surface area contributed by atoms with Gasteiger partial charge in [-0.3, -0.25) is 4.79 Å². The monoisotopic (exact) mass is 338 g/mol. The standard InChI is InChI=1S/C20H22N2O3/c1-14(15-6-3-2-4-7-15)25-13-17(23)12-22-20(24)18-9-5-8-16-10-11-21-19(16)18/h2-11,14,17,21,23H,12-13H2,1H3,(H,22,24)/t14-,17+/m1/s1. The van der Waals surface area contributed by atoms with E-state index in [1.54, 1.807) is 12.3 Å². The largest absolute Gasteiger partial charge is 0.389 e. The number of aliphatic hydroxyl groups is 1. The molecule has 0 aliphatic carbocycles. The lowest BCUT2D eigenvalue weighted by atomic mass is 10.1. The molecule has 3 aromatic rings. The molecule has 0 spiro atoms. The number of aromatic amines is 1. The summed E-state index contributed by atoms with van der Waals surface area (Å²) in [5.74, 6) is -0.219. The Labute approximate surface area is 146 Å². The Hall–Kier alpha value is -2.63. The zero-order valence-electron chi connectivity index (χ0n) is 14.1. The molecule has 0 aliphatic heterocycles. The second-order valence-electron chi connectivity index (χ2n) is 6.00. The summed E-state index contributed by atoms with van der Waals surface area (Å²) in [6.07, 6.45) is 0.923. The van der Waals surface area contributed by atoms with Gasteiger partial charge in [0.1, 0.15) is 0 Å². The fourth-order valence-corrected chi connectivity index (χ4v) is 2.71. The molecule has 25 heavy (non-hydrogen) atoms. The van der Waals surface area contributed by atoms with Crippen LogP contribution < -0.4 is 5.32 Å². The third kappa shape index (κ3) is 4.26. The second-order valence-corrected chi connectivity index (χ2v) is 6.00. The highest BCUT2D eigenvalue weighted by atomic mass is 16.5. The number of hydrogen-bond donors (Lipinski definition) is 3. The van der Waals surface area contributed by atoms with Crippen LogP contribution >= 0.6 is 0 Å². The summed E-state index contributed by atoms with van der Waals surface area (Å²) in [4.78, 5) is 15.4. The van der Waals surface area contributed by atoms with Gasteiger partial charge in [0.2, 0.25) is 0 Å². The SMILES string of the molecule is C[C@@H](OC[C@@H](O)CNC(=O)c1cccc2cc[nH]c12)c1ccccc1. The summed E-state index contributed by atoms with van der Waals surface area (Å²) >= 11 is 0. The first-order valence-corrected chi connectivity index (χ1v) is 8.34. The van der Waals surface area contributed by atoms with Crippen molar-refractivity contribution in [3.05, 3.63) is 71.9 Å². The molecule has 2 atom stereocenters. The van der Waals surface area contributed by atoms with E-state index in [1.165, 1.54) is 0 Å². The summed E-state index contributed by atoms with van der Waals surface area (Å²) in [5, 5.41) is 13.8. The molecule has 0 fully saturated rings. The molecule has 1 amide bonds. The topological polar surface area (TPSA) is 74.3 Å². The van der Waals surface area contributed by atoms with Crippen LogP contribution in [0.1, 0.15) is 28.9 Å². The first-order valence-electron chi connectivity index (χ1n) is 8.34. The Morgan fingerprint density at radius 3 is 2.76 bits per heavy atom. The van der Waals surface area contributed by atoms with Crippen molar-refractivity contribution in [3.8, 4) is 0 Å². The zero-order chi connectivity index (χ0) is 17.6. The van der Waals surface area contributed by atoms with E-state index in [2.05, 4.69) is 10.3 Å². The van der Waals surface area contributed by atoms with E-state index in [4.69, 9.17) is 4.74 Å². The fourth-order valence-electron chi connectivity index (χ4n) is 2.71. The number of rotatable bonds is 7. The molecule has 5 heteroatoms. The number of carbonyl (C=O) groups is 1. The molecule has 0 aliphatic rings. The van der Waals surface area contributed by atoms with Crippen LogP contribution in [0, 0.1) is 0 Å². The van der Waals surface area contributed by atoms with Gasteiger partial charge in [-0.1, -0.05) is 42.5 Å². The molecule has 3 rings (SSSR count). The van der Waals surface area contributed by atoms with E-state index >= 15 is 0 Å². The highest BCUT2D eigenvalue weighted by Crippen LogP contribution is 2.17. The number of nitrogens with one attached hydrogen (secondary N) is 2. The molecule has 0 radical (unpaired) electrons. The van der Waals surface area contributed by atoms with Crippen molar-refractivity contribution < 1.29 is 14.6 Å². The number of aromatic nitrogens is 1. The van der Waals surface area contributed by atoms with Crippen LogP contribution in [0.15, 0.2) is 60.8 Å². The smallest absolute Gasteiger partial charge is 0.253 e. The highest BCUT2D eigenvalue weighted by molar-refractivity contribution is 6.05. The first-order chi connectivity index (χ1) is 12.1. The lowest BCUT2D eigenvalue weighted by Crippen LogP contribution is -2.34. The van der Waals surface area contributed by atoms with Crippen molar-refractivity contribution in [1.82, 2.24) is 10.3 Å². The number of H-pyrrole nitrogens is 1. The van der Waals surface area contributed by atoms with Crippen molar-refractivity contribution in [2.75, 3.05) is 13.2 Å². The Kier molecular flexibility index (Phi) is 5.48. The number of hydrogen-bond acceptors (Lipinski definition) is 3. The van der Waals surface area contributed by atoms with Gasteiger partial charge in [-0.25, -0.2) is 0 Å². The Morgan fingerprint density at radius 1 is 1.16 bits per heavy atom. The maximum atomic E-state index is 12.3. The molecule has 3 N–H and O–H groups in total. The summed E-state index contributed by atoms with van der Waals surface area (Å²) in [6.45, 7) is 2.23. The second kappa shape index (κ2) is 7.96. The van der Waals surface area contributed by atoms with Gasteiger partial charge in [0.25, 0.3) is 5.91 Å². The molecule has 5 nitrogen and oxygen atoms in total. The number of aliphatic hydroxyl groups excluding tert-OH is 1. The Balaban J connectivity index is 1.49. The van der Waals surface area contributed by atoms with Crippen molar-refractivity contribution in [2.24, 2.45) is 0 Å². The van der Waals surface area contributed by atoms with Gasteiger partial charge in [-0.05, 0) is 24.6 Å².